The molecule has 2 aromatic rings. The van der Waals surface area contributed by atoms with Crippen LogP contribution in [0.25, 0.3) is 0 Å². The second kappa shape index (κ2) is 9.21. The van der Waals surface area contributed by atoms with Gasteiger partial charge in [-0.15, -0.1) is 0 Å². The Bertz CT molecular complexity index is 943. The van der Waals surface area contributed by atoms with E-state index in [9.17, 15) is 14.0 Å². The second-order valence-corrected chi connectivity index (χ2v) is 6.80. The zero-order valence-electron chi connectivity index (χ0n) is 16.2. The van der Waals surface area contributed by atoms with Gasteiger partial charge in [0.15, 0.2) is 5.82 Å². The number of piperazine rings is 1. The van der Waals surface area contributed by atoms with Crippen molar-refractivity contribution in [3.8, 4) is 0 Å². The van der Waals surface area contributed by atoms with E-state index in [1.54, 1.807) is 24.3 Å². The number of nitrogens with one attached hydrogen (secondary N) is 1. The van der Waals surface area contributed by atoms with Crippen molar-refractivity contribution >= 4 is 29.3 Å². The van der Waals surface area contributed by atoms with Gasteiger partial charge >= 0.3 is 11.9 Å². The van der Waals surface area contributed by atoms with E-state index in [4.69, 9.17) is 21.0 Å². The molecule has 0 radical (unpaired) electrons. The maximum atomic E-state index is 14.9. The summed E-state index contributed by atoms with van der Waals surface area (Å²) in [6.07, 6.45) is 0.991. The molecule has 1 aliphatic rings. The molecular formula is C20H22FN5O4. The minimum atomic E-state index is -1.03. The molecule has 1 saturated heterocycles. The summed E-state index contributed by atoms with van der Waals surface area (Å²) in [7, 11) is 0. The molecule has 1 fully saturated rings. The summed E-state index contributed by atoms with van der Waals surface area (Å²) in [6, 6.07) is 8.09. The van der Waals surface area contributed by atoms with E-state index < -0.39 is 17.8 Å². The Morgan fingerprint density at radius 1 is 1.17 bits per heavy atom. The Morgan fingerprint density at radius 2 is 1.87 bits per heavy atom. The summed E-state index contributed by atoms with van der Waals surface area (Å²) < 4.78 is 19.9. The maximum absolute atomic E-state index is 14.9. The number of hydrogen-bond acceptors (Lipinski definition) is 7. The molecule has 30 heavy (non-hydrogen) atoms. The number of rotatable bonds is 7. The van der Waals surface area contributed by atoms with Crippen LogP contribution in [0.1, 0.15) is 22.3 Å². The number of pyridine rings is 1. The number of aromatic carboxylic acids is 1. The molecule has 1 aliphatic heterocycles. The zero-order chi connectivity index (χ0) is 21.7. The minimum absolute atomic E-state index is 0.125. The molecule has 0 spiro atoms. The van der Waals surface area contributed by atoms with Gasteiger partial charge in [0.1, 0.15) is 24.7 Å². The fraction of sp³-hybridized carbons (Fsp3) is 0.300. The van der Waals surface area contributed by atoms with Crippen LogP contribution in [0.3, 0.4) is 0 Å². The Hall–Kier alpha value is -3.69. The number of nitrogens with zero attached hydrogens (tertiary/aromatic N) is 3. The number of carboxylic acids is 1. The third-order valence-corrected chi connectivity index (χ3v) is 4.72. The van der Waals surface area contributed by atoms with Gasteiger partial charge in [0.2, 0.25) is 0 Å². The number of nitrogens with two attached hydrogens (primary N) is 1. The van der Waals surface area contributed by atoms with Crippen LogP contribution in [0, 0.1) is 11.2 Å². The monoisotopic (exact) mass is 415 g/mol. The number of carbonyl (C=O) groups excluding carboxylic acids is 1. The molecule has 2 heterocycles. The lowest BCUT2D eigenvalue weighted by Crippen LogP contribution is -2.47. The van der Waals surface area contributed by atoms with Crippen LogP contribution in [0.5, 0.6) is 0 Å². The third kappa shape index (κ3) is 5.02. The molecule has 0 unspecified atom stereocenters. The number of aromatic nitrogens is 1. The van der Waals surface area contributed by atoms with Crippen molar-refractivity contribution in [1.29, 1.82) is 5.41 Å². The first-order valence-corrected chi connectivity index (χ1v) is 9.30. The number of ether oxygens (including phenoxy) is 1. The molecule has 4 N–H and O–H groups in total. The number of anilines is 2. The van der Waals surface area contributed by atoms with E-state index in [1.165, 1.54) is 12.3 Å². The van der Waals surface area contributed by atoms with Crippen LogP contribution in [0.2, 0.25) is 0 Å². The lowest BCUT2D eigenvalue weighted by Gasteiger charge is -2.37. The smallest absolute Gasteiger partial charge is 0.337 e. The Labute approximate surface area is 172 Å². The van der Waals surface area contributed by atoms with Crippen molar-refractivity contribution in [2.45, 2.75) is 13.0 Å². The van der Waals surface area contributed by atoms with Gasteiger partial charge in [0, 0.05) is 37.9 Å². The largest absolute Gasteiger partial charge is 0.478 e. The van der Waals surface area contributed by atoms with Crippen molar-refractivity contribution in [3.05, 3.63) is 53.5 Å². The van der Waals surface area contributed by atoms with Crippen molar-refractivity contribution < 1.29 is 23.8 Å². The van der Waals surface area contributed by atoms with Gasteiger partial charge in [-0.25, -0.2) is 14.2 Å². The molecule has 158 valence electrons. The van der Waals surface area contributed by atoms with Crippen molar-refractivity contribution in [2.24, 2.45) is 5.73 Å². The number of esters is 1. The van der Waals surface area contributed by atoms with Crippen LogP contribution in [0.4, 0.5) is 15.9 Å². The minimum Gasteiger partial charge on any atom is -0.478 e. The standard InChI is InChI=1S/C20H22FN5O4/c21-19-14(12-30-18(27)10-16(22)23)2-1-3-15(19)25-6-8-26(9-7-25)17-5-4-13(11-24-17)20(28)29/h1-5,11H,6-10,12H2,(H3,22,23)(H,28,29). The topological polar surface area (TPSA) is 133 Å². The highest BCUT2D eigenvalue weighted by Crippen LogP contribution is 2.25. The van der Waals surface area contributed by atoms with Crippen LogP contribution >= 0.6 is 0 Å². The van der Waals surface area contributed by atoms with Crippen molar-refractivity contribution in [1.82, 2.24) is 4.98 Å². The van der Waals surface area contributed by atoms with Crippen molar-refractivity contribution in [2.75, 3.05) is 36.0 Å². The number of halogens is 1. The van der Waals surface area contributed by atoms with E-state index in [1.807, 2.05) is 9.80 Å². The molecule has 1 aromatic carbocycles. The summed E-state index contributed by atoms with van der Waals surface area (Å²) in [5.74, 6) is -1.79. The summed E-state index contributed by atoms with van der Waals surface area (Å²) in [5.41, 5.74) is 5.95. The average molecular weight is 415 g/mol. The predicted molar refractivity (Wildman–Crippen MR) is 108 cm³/mol. The first kappa shape index (κ1) is 21.0. The molecule has 0 aliphatic carbocycles. The van der Waals surface area contributed by atoms with Crippen molar-refractivity contribution in [3.63, 3.8) is 0 Å². The zero-order valence-corrected chi connectivity index (χ0v) is 16.2. The number of hydrogen-bond donors (Lipinski definition) is 3. The second-order valence-electron chi connectivity index (χ2n) is 6.80. The highest BCUT2D eigenvalue weighted by atomic mass is 19.1. The van der Waals surface area contributed by atoms with Gasteiger partial charge in [-0.2, -0.15) is 0 Å². The van der Waals surface area contributed by atoms with Gasteiger partial charge in [-0.1, -0.05) is 12.1 Å². The summed E-state index contributed by atoms with van der Waals surface area (Å²) >= 11 is 0. The quantitative estimate of drug-likeness (QED) is 0.353. The number of carbonyl (C=O) groups is 2. The normalized spacial score (nSPS) is 13.8. The van der Waals surface area contributed by atoms with Gasteiger partial charge < -0.3 is 25.4 Å². The fourth-order valence-corrected chi connectivity index (χ4v) is 3.16. The first-order chi connectivity index (χ1) is 14.3. The van der Waals surface area contributed by atoms with Crippen LogP contribution in [-0.4, -0.2) is 54.0 Å². The third-order valence-electron chi connectivity index (χ3n) is 4.72. The molecule has 10 heteroatoms. The van der Waals surface area contributed by atoms with E-state index in [2.05, 4.69) is 4.98 Å². The highest BCUT2D eigenvalue weighted by molar-refractivity contribution is 5.94. The molecule has 0 amide bonds. The average Bonchev–Trinajstić information content (AvgIpc) is 2.73. The molecular weight excluding hydrogens is 393 g/mol. The number of benzene rings is 1. The first-order valence-electron chi connectivity index (χ1n) is 9.30. The van der Waals surface area contributed by atoms with E-state index >= 15 is 0 Å². The Balaban J connectivity index is 1.62. The van der Waals surface area contributed by atoms with Crippen LogP contribution < -0.4 is 15.5 Å². The SMILES string of the molecule is N=C(N)CC(=O)OCc1cccc(N2CCN(c3ccc(C(=O)O)cn3)CC2)c1F. The van der Waals surface area contributed by atoms with Crippen LogP contribution in [-0.2, 0) is 16.1 Å². The number of carboxylic acid groups (broad SMARTS) is 1. The van der Waals surface area contributed by atoms with Crippen LogP contribution in [0.15, 0.2) is 36.5 Å². The maximum Gasteiger partial charge on any atom is 0.337 e. The lowest BCUT2D eigenvalue weighted by atomic mass is 10.1. The van der Waals surface area contributed by atoms with Gasteiger partial charge in [0.25, 0.3) is 0 Å². The molecule has 0 atom stereocenters. The summed E-state index contributed by atoms with van der Waals surface area (Å²) in [6.45, 7) is 2.05. The fourth-order valence-electron chi connectivity index (χ4n) is 3.16. The lowest BCUT2D eigenvalue weighted by molar-refractivity contribution is -0.143. The molecule has 3 rings (SSSR count). The molecule has 0 bridgehead atoms. The summed E-state index contributed by atoms with van der Waals surface area (Å²) in [5, 5.41) is 16.1. The number of amidine groups is 1. The molecule has 0 saturated carbocycles. The van der Waals surface area contributed by atoms with Gasteiger partial charge in [-0.3, -0.25) is 10.2 Å². The van der Waals surface area contributed by atoms with Gasteiger partial charge in [-0.05, 0) is 18.2 Å². The van der Waals surface area contributed by atoms with E-state index in [0.717, 1.165) is 0 Å². The summed E-state index contributed by atoms with van der Waals surface area (Å²) in [4.78, 5) is 30.6. The van der Waals surface area contributed by atoms with E-state index in [-0.39, 0.29) is 30.0 Å². The molecule has 9 nitrogen and oxygen atoms in total. The highest BCUT2D eigenvalue weighted by Gasteiger charge is 2.22. The Morgan fingerprint density at radius 3 is 2.47 bits per heavy atom. The van der Waals surface area contributed by atoms with E-state index in [0.29, 0.717) is 37.7 Å². The Kier molecular flexibility index (Phi) is 6.45. The molecule has 1 aromatic heterocycles. The van der Waals surface area contributed by atoms with Gasteiger partial charge in [0.05, 0.1) is 11.3 Å². The predicted octanol–water partition coefficient (Wildman–Crippen LogP) is 1.61.